The third-order valence-electron chi connectivity index (χ3n) is 6.83. The largest absolute Gasteiger partial charge is 0.478 e. The van der Waals surface area contributed by atoms with E-state index in [2.05, 4.69) is 61.8 Å². The molecule has 1 aromatic carbocycles. The predicted octanol–water partition coefficient (Wildman–Crippen LogP) is 5.07. The molecule has 3 atom stereocenters. The van der Waals surface area contributed by atoms with Crippen molar-refractivity contribution in [3.8, 4) is 0 Å². The summed E-state index contributed by atoms with van der Waals surface area (Å²) in [5, 5.41) is 13.6. The first-order valence-corrected chi connectivity index (χ1v) is 10.5. The number of benzene rings is 1. The standard InChI is InChI=1S/C24H34N2O2/c1-15-9-11-20(12-10-15)14-26-18(4)21(23(19(26)5)24(27)28)13-25-22-8-6-7-16(2)17(22)3/h9-12,16-17,22,25H,6-8,13-14H2,1-5H3,(H,27,28)/t16-,17+,22+/m0/s1. The SMILES string of the molecule is Cc1ccc(Cn2c(C)c(CN[C@@H]3CCC[C@H](C)[C@H]3C)c(C(=O)O)c2C)cc1. The van der Waals surface area contributed by atoms with Gasteiger partial charge in [0.1, 0.15) is 0 Å². The van der Waals surface area contributed by atoms with Crippen LogP contribution in [0.25, 0.3) is 0 Å². The molecule has 0 spiro atoms. The lowest BCUT2D eigenvalue weighted by Crippen LogP contribution is -2.40. The van der Waals surface area contributed by atoms with Gasteiger partial charge < -0.3 is 15.0 Å². The molecule has 1 aromatic heterocycles. The number of rotatable bonds is 6. The minimum absolute atomic E-state index is 0.463. The van der Waals surface area contributed by atoms with Crippen molar-refractivity contribution in [1.29, 1.82) is 0 Å². The maximum atomic E-state index is 12.0. The fraction of sp³-hybridized carbons (Fsp3) is 0.542. The highest BCUT2D eigenvalue weighted by Crippen LogP contribution is 2.30. The van der Waals surface area contributed by atoms with Crippen molar-refractivity contribution >= 4 is 5.97 Å². The summed E-state index contributed by atoms with van der Waals surface area (Å²) < 4.78 is 2.15. The quantitative estimate of drug-likeness (QED) is 0.733. The highest BCUT2D eigenvalue weighted by molar-refractivity contribution is 5.91. The molecule has 4 heteroatoms. The monoisotopic (exact) mass is 382 g/mol. The summed E-state index contributed by atoms with van der Waals surface area (Å²) in [5.74, 6) is 0.516. The molecule has 0 radical (unpaired) electrons. The zero-order valence-electron chi connectivity index (χ0n) is 17.9. The van der Waals surface area contributed by atoms with Gasteiger partial charge in [-0.15, -0.1) is 0 Å². The van der Waals surface area contributed by atoms with Crippen molar-refractivity contribution in [3.63, 3.8) is 0 Å². The molecule has 4 nitrogen and oxygen atoms in total. The molecule has 2 N–H and O–H groups in total. The van der Waals surface area contributed by atoms with Gasteiger partial charge in [0, 0.05) is 36.1 Å². The Balaban J connectivity index is 1.85. The fourth-order valence-corrected chi connectivity index (χ4v) is 4.67. The van der Waals surface area contributed by atoms with E-state index in [1.807, 2.05) is 6.92 Å². The van der Waals surface area contributed by atoms with Gasteiger partial charge >= 0.3 is 5.97 Å². The first-order chi connectivity index (χ1) is 13.3. The van der Waals surface area contributed by atoms with Crippen LogP contribution < -0.4 is 5.32 Å². The highest BCUT2D eigenvalue weighted by atomic mass is 16.4. The van der Waals surface area contributed by atoms with E-state index in [1.165, 1.54) is 30.4 Å². The molecule has 0 saturated heterocycles. The molecule has 1 heterocycles. The first kappa shape index (κ1) is 20.7. The van der Waals surface area contributed by atoms with Crippen molar-refractivity contribution in [2.24, 2.45) is 11.8 Å². The molecule has 1 fully saturated rings. The number of aromatic carboxylic acids is 1. The molecule has 28 heavy (non-hydrogen) atoms. The van der Waals surface area contributed by atoms with E-state index in [1.54, 1.807) is 0 Å². The predicted molar refractivity (Wildman–Crippen MR) is 114 cm³/mol. The van der Waals surface area contributed by atoms with Crippen LogP contribution in [-0.2, 0) is 13.1 Å². The van der Waals surface area contributed by atoms with Crippen LogP contribution in [0, 0.1) is 32.6 Å². The molecule has 0 amide bonds. The smallest absolute Gasteiger partial charge is 0.337 e. The van der Waals surface area contributed by atoms with Crippen LogP contribution in [-0.4, -0.2) is 21.7 Å². The topological polar surface area (TPSA) is 54.3 Å². The number of carboxylic acids is 1. The lowest BCUT2D eigenvalue weighted by molar-refractivity contribution is 0.0694. The molecule has 0 aliphatic heterocycles. The van der Waals surface area contributed by atoms with Crippen LogP contribution in [0.3, 0.4) is 0 Å². The summed E-state index contributed by atoms with van der Waals surface area (Å²) >= 11 is 0. The average molecular weight is 383 g/mol. The Morgan fingerprint density at radius 3 is 2.43 bits per heavy atom. The molecular weight excluding hydrogens is 348 g/mol. The molecule has 1 aliphatic rings. The number of nitrogens with zero attached hydrogens (tertiary/aromatic N) is 1. The molecule has 1 saturated carbocycles. The number of hydrogen-bond donors (Lipinski definition) is 2. The Labute approximate surface area is 169 Å². The number of aryl methyl sites for hydroxylation is 1. The molecule has 3 rings (SSSR count). The molecule has 2 aromatic rings. The van der Waals surface area contributed by atoms with E-state index < -0.39 is 5.97 Å². The van der Waals surface area contributed by atoms with E-state index >= 15 is 0 Å². The second kappa shape index (κ2) is 8.52. The Morgan fingerprint density at radius 1 is 1.11 bits per heavy atom. The van der Waals surface area contributed by atoms with E-state index in [9.17, 15) is 9.90 Å². The third kappa shape index (κ3) is 4.17. The molecule has 0 bridgehead atoms. The van der Waals surface area contributed by atoms with Crippen LogP contribution >= 0.6 is 0 Å². The lowest BCUT2D eigenvalue weighted by atomic mass is 9.78. The normalized spacial score (nSPS) is 22.4. The molecule has 0 unspecified atom stereocenters. The van der Waals surface area contributed by atoms with Crippen LogP contribution in [0.4, 0.5) is 0 Å². The van der Waals surface area contributed by atoms with Crippen LogP contribution in [0.15, 0.2) is 24.3 Å². The summed E-state index contributed by atoms with van der Waals surface area (Å²) in [7, 11) is 0. The second-order valence-electron chi connectivity index (χ2n) is 8.66. The zero-order valence-corrected chi connectivity index (χ0v) is 17.9. The van der Waals surface area contributed by atoms with Crippen molar-refractivity contribution in [2.45, 2.75) is 73.0 Å². The van der Waals surface area contributed by atoms with Gasteiger partial charge in [0.25, 0.3) is 0 Å². The van der Waals surface area contributed by atoms with Gasteiger partial charge in [-0.3, -0.25) is 0 Å². The van der Waals surface area contributed by atoms with Gasteiger partial charge in [-0.1, -0.05) is 56.5 Å². The zero-order chi connectivity index (χ0) is 20.4. The van der Waals surface area contributed by atoms with Crippen molar-refractivity contribution < 1.29 is 9.90 Å². The number of aromatic nitrogens is 1. The average Bonchev–Trinajstić information content (AvgIpc) is 2.89. The van der Waals surface area contributed by atoms with Crippen molar-refractivity contribution in [2.75, 3.05) is 0 Å². The Bertz CT molecular complexity index is 835. The van der Waals surface area contributed by atoms with Gasteiger partial charge in [0.15, 0.2) is 0 Å². The second-order valence-corrected chi connectivity index (χ2v) is 8.66. The van der Waals surface area contributed by atoms with Gasteiger partial charge in [-0.25, -0.2) is 4.79 Å². The van der Waals surface area contributed by atoms with Gasteiger partial charge in [-0.2, -0.15) is 0 Å². The van der Waals surface area contributed by atoms with Gasteiger partial charge in [0.2, 0.25) is 0 Å². The van der Waals surface area contributed by atoms with E-state index in [0.717, 1.165) is 22.9 Å². The van der Waals surface area contributed by atoms with E-state index in [4.69, 9.17) is 0 Å². The number of carboxylic acid groups (broad SMARTS) is 1. The Morgan fingerprint density at radius 2 is 1.79 bits per heavy atom. The summed E-state index contributed by atoms with van der Waals surface area (Å²) in [5.41, 5.74) is 5.72. The minimum Gasteiger partial charge on any atom is -0.478 e. The van der Waals surface area contributed by atoms with Crippen LogP contribution in [0.2, 0.25) is 0 Å². The number of hydrogen-bond acceptors (Lipinski definition) is 2. The Hall–Kier alpha value is -2.07. The Kier molecular flexibility index (Phi) is 6.29. The molecule has 152 valence electrons. The maximum absolute atomic E-state index is 12.0. The molecular formula is C24H34N2O2. The van der Waals surface area contributed by atoms with Gasteiger partial charge in [0.05, 0.1) is 5.56 Å². The van der Waals surface area contributed by atoms with Crippen molar-refractivity contribution in [3.05, 3.63) is 57.9 Å². The van der Waals surface area contributed by atoms with Crippen LogP contribution in [0.1, 0.15) is 71.5 Å². The third-order valence-corrected chi connectivity index (χ3v) is 6.83. The summed E-state index contributed by atoms with van der Waals surface area (Å²) in [4.78, 5) is 12.0. The fourth-order valence-electron chi connectivity index (χ4n) is 4.67. The lowest BCUT2D eigenvalue weighted by Gasteiger charge is -2.34. The highest BCUT2D eigenvalue weighted by Gasteiger charge is 2.28. The van der Waals surface area contributed by atoms with Gasteiger partial charge in [-0.05, 0) is 44.6 Å². The summed E-state index contributed by atoms with van der Waals surface area (Å²) in [6.07, 6.45) is 3.72. The maximum Gasteiger partial charge on any atom is 0.337 e. The molecule has 1 aliphatic carbocycles. The van der Waals surface area contributed by atoms with Crippen LogP contribution in [0.5, 0.6) is 0 Å². The van der Waals surface area contributed by atoms with E-state index in [-0.39, 0.29) is 0 Å². The minimum atomic E-state index is -0.829. The first-order valence-electron chi connectivity index (χ1n) is 10.5. The summed E-state index contributed by atoms with van der Waals surface area (Å²) in [6.45, 7) is 12.0. The van der Waals surface area contributed by atoms with Crippen molar-refractivity contribution in [1.82, 2.24) is 9.88 Å². The number of nitrogens with one attached hydrogen (secondary N) is 1. The summed E-state index contributed by atoms with van der Waals surface area (Å²) in [6, 6.07) is 8.92. The number of carbonyl (C=O) groups is 1. The van der Waals surface area contributed by atoms with E-state index in [0.29, 0.717) is 30.6 Å².